The van der Waals surface area contributed by atoms with Crippen LogP contribution in [-0.4, -0.2) is 54.3 Å². The third-order valence-corrected chi connectivity index (χ3v) is 9.73. The van der Waals surface area contributed by atoms with Crippen molar-refractivity contribution < 1.29 is 19.5 Å². The van der Waals surface area contributed by atoms with Crippen LogP contribution in [-0.2, 0) is 11.2 Å². The SMILES string of the molecule is C=CC1=C(C)c2cc3[nH]c(c4c5[nH]c(cc6nc(cc1n2)C(C)=C6CC)c(C)c5C(=O)N(CCCCCC)C4=O)CC3C.CCC(=O)O. The van der Waals surface area contributed by atoms with Gasteiger partial charge in [-0.1, -0.05) is 59.6 Å². The van der Waals surface area contributed by atoms with Crippen LogP contribution in [0.4, 0.5) is 0 Å². The number of aromatic nitrogens is 4. The highest BCUT2D eigenvalue weighted by Crippen LogP contribution is 2.38. The number of rotatable bonds is 8. The van der Waals surface area contributed by atoms with Gasteiger partial charge in [0, 0.05) is 41.4 Å². The quantitative estimate of drug-likeness (QED) is 0.193. The van der Waals surface area contributed by atoms with Crippen LogP contribution in [0, 0.1) is 6.92 Å². The normalized spacial score (nSPS) is 16.2. The summed E-state index contributed by atoms with van der Waals surface area (Å²) < 4.78 is 0. The van der Waals surface area contributed by atoms with E-state index in [9.17, 15) is 14.4 Å². The maximum Gasteiger partial charge on any atom is 0.303 e. The number of carboxylic acid groups (broad SMARTS) is 1. The molecule has 9 nitrogen and oxygen atoms in total. The van der Waals surface area contributed by atoms with Crippen molar-refractivity contribution in [2.45, 2.75) is 99.3 Å². The second-order valence-electron chi connectivity index (χ2n) is 12.9. The molecule has 2 aromatic rings. The second kappa shape index (κ2) is 14.1. The van der Waals surface area contributed by atoms with Crippen molar-refractivity contribution in [3.8, 4) is 0 Å². The number of nitrogens with one attached hydrogen (secondary N) is 2. The lowest BCUT2D eigenvalue weighted by Gasteiger charge is -2.26. The zero-order valence-corrected chi connectivity index (χ0v) is 29.3. The number of hydrogen-bond donors (Lipinski definition) is 3. The largest absolute Gasteiger partial charge is 0.481 e. The van der Waals surface area contributed by atoms with Gasteiger partial charge < -0.3 is 15.1 Å². The topological polar surface area (TPSA) is 132 Å². The number of aliphatic carboxylic acids is 1. The number of imide groups is 1. The molecule has 0 radical (unpaired) electrons. The zero-order valence-electron chi connectivity index (χ0n) is 29.3. The molecule has 0 saturated heterocycles. The van der Waals surface area contributed by atoms with E-state index in [0.29, 0.717) is 29.6 Å². The minimum atomic E-state index is -0.745. The van der Waals surface area contributed by atoms with Gasteiger partial charge in [0.15, 0.2) is 0 Å². The fraction of sp³-hybridized carbons (Fsp3) is 0.410. The summed E-state index contributed by atoms with van der Waals surface area (Å²) in [6, 6.07) is 6.19. The molecular weight excluding hydrogens is 602 g/mol. The summed E-state index contributed by atoms with van der Waals surface area (Å²) in [4.78, 5) is 56.2. The number of aromatic amines is 2. The first-order valence-corrected chi connectivity index (χ1v) is 17.1. The van der Waals surface area contributed by atoms with Crippen LogP contribution in [0.3, 0.4) is 0 Å². The number of allylic oxidation sites excluding steroid dienone is 5. The molecule has 252 valence electrons. The van der Waals surface area contributed by atoms with E-state index in [4.69, 9.17) is 15.1 Å². The molecule has 6 rings (SSSR count). The molecule has 8 bridgehead atoms. The molecule has 1 atom stereocenters. The van der Waals surface area contributed by atoms with E-state index >= 15 is 0 Å². The molecule has 0 aromatic carbocycles. The van der Waals surface area contributed by atoms with Crippen LogP contribution in [0.5, 0.6) is 0 Å². The molecule has 9 heteroatoms. The van der Waals surface area contributed by atoms with Gasteiger partial charge in [0.1, 0.15) is 0 Å². The second-order valence-corrected chi connectivity index (χ2v) is 12.9. The van der Waals surface area contributed by atoms with Gasteiger partial charge in [0.2, 0.25) is 0 Å². The summed E-state index contributed by atoms with van der Waals surface area (Å²) in [7, 11) is 0. The maximum atomic E-state index is 14.2. The molecule has 1 unspecified atom stereocenters. The van der Waals surface area contributed by atoms with Gasteiger partial charge >= 0.3 is 5.97 Å². The van der Waals surface area contributed by atoms with Crippen LogP contribution < -0.4 is 0 Å². The highest BCUT2D eigenvalue weighted by Gasteiger charge is 2.37. The van der Waals surface area contributed by atoms with Crippen LogP contribution in [0.1, 0.15) is 146 Å². The van der Waals surface area contributed by atoms with Gasteiger partial charge in [-0.15, -0.1) is 0 Å². The number of aryl methyl sites for hydroxylation is 1. The Bertz CT molecular complexity index is 1960. The first-order valence-electron chi connectivity index (χ1n) is 17.1. The number of carbonyl (C=O) groups is 3. The highest BCUT2D eigenvalue weighted by atomic mass is 16.4. The van der Waals surface area contributed by atoms with Gasteiger partial charge in [-0.3, -0.25) is 19.3 Å². The van der Waals surface area contributed by atoms with E-state index in [1.807, 2.05) is 19.1 Å². The monoisotopic (exact) mass is 649 g/mol. The maximum absolute atomic E-state index is 14.2. The zero-order chi connectivity index (χ0) is 34.9. The molecule has 2 amide bonds. The Kier molecular flexibility index (Phi) is 10.2. The first kappa shape index (κ1) is 34.5. The number of fused-ring (bicyclic) bond motifs is 8. The third kappa shape index (κ3) is 6.25. The van der Waals surface area contributed by atoms with Crippen molar-refractivity contribution in [2.75, 3.05) is 6.54 Å². The summed E-state index contributed by atoms with van der Waals surface area (Å²) in [5, 5.41) is 7.72. The number of nitrogens with zero attached hydrogens (tertiary/aromatic N) is 3. The number of unbranched alkanes of at least 4 members (excludes halogenated alkanes) is 3. The molecule has 0 aliphatic carbocycles. The number of carbonyl (C=O) groups excluding carboxylic acids is 2. The van der Waals surface area contributed by atoms with Crippen LogP contribution >= 0.6 is 0 Å². The van der Waals surface area contributed by atoms with Crippen molar-refractivity contribution in [2.24, 2.45) is 0 Å². The van der Waals surface area contributed by atoms with Gasteiger partial charge in [0.05, 0.1) is 39.4 Å². The van der Waals surface area contributed by atoms with Crippen molar-refractivity contribution in [3.05, 3.63) is 81.7 Å². The Morgan fingerprint density at radius 3 is 2.25 bits per heavy atom. The van der Waals surface area contributed by atoms with E-state index in [1.54, 1.807) is 6.92 Å². The van der Waals surface area contributed by atoms with E-state index in [2.05, 4.69) is 63.3 Å². The molecule has 2 aromatic heterocycles. The van der Waals surface area contributed by atoms with Gasteiger partial charge in [-0.05, 0) is 80.5 Å². The van der Waals surface area contributed by atoms with Crippen LogP contribution in [0.2, 0.25) is 0 Å². The minimum absolute atomic E-state index is 0.149. The number of H-pyrrole nitrogens is 2. The number of carboxylic acids is 1. The molecule has 4 aliphatic rings. The Labute approximate surface area is 282 Å². The Balaban J connectivity index is 0.000000840. The molecular formula is C39H47N5O4. The van der Waals surface area contributed by atoms with E-state index in [-0.39, 0.29) is 24.2 Å². The van der Waals surface area contributed by atoms with Crippen molar-refractivity contribution in [3.63, 3.8) is 0 Å². The summed E-state index contributed by atoms with van der Waals surface area (Å²) in [6.07, 6.45) is 7.54. The standard InChI is InChI=1S/C36H41N5O2.C3H6O2/c1-8-11-12-13-14-41-35(42)32-22(7)28-18-30-24(10-3)21(6)27(39-30)17-29-23(9-2)20(5)26(38-29)16-25-19(4)15-31(37-25)33(36(41)43)34(32)40-28;1-2-3(4)5/h9,16-19,37,40H,2,8,10-15H2,1,3-7H3;2H2,1H3,(H,4,5). The van der Waals surface area contributed by atoms with E-state index in [0.717, 1.165) is 99.6 Å². The lowest BCUT2D eigenvalue weighted by atomic mass is 9.96. The lowest BCUT2D eigenvalue weighted by Crippen LogP contribution is -2.41. The van der Waals surface area contributed by atoms with Crippen molar-refractivity contribution in [1.82, 2.24) is 24.8 Å². The van der Waals surface area contributed by atoms with Gasteiger partial charge in [0.25, 0.3) is 11.8 Å². The molecule has 0 saturated carbocycles. The number of amides is 2. The molecule has 4 aliphatic heterocycles. The first-order chi connectivity index (χ1) is 22.9. The summed E-state index contributed by atoms with van der Waals surface area (Å²) >= 11 is 0. The molecule has 6 heterocycles. The summed E-state index contributed by atoms with van der Waals surface area (Å²) in [5.74, 6) is -1.04. The molecule has 0 spiro atoms. The fourth-order valence-electron chi connectivity index (χ4n) is 6.83. The Morgan fingerprint density at radius 2 is 1.60 bits per heavy atom. The molecule has 0 fully saturated rings. The van der Waals surface area contributed by atoms with E-state index < -0.39 is 5.97 Å². The van der Waals surface area contributed by atoms with Crippen LogP contribution in [0.15, 0.2) is 30.9 Å². The van der Waals surface area contributed by atoms with Crippen molar-refractivity contribution in [1.29, 1.82) is 0 Å². The van der Waals surface area contributed by atoms with Gasteiger partial charge in [-0.2, -0.15) is 0 Å². The highest BCUT2D eigenvalue weighted by molar-refractivity contribution is 6.23. The lowest BCUT2D eigenvalue weighted by molar-refractivity contribution is -0.136. The third-order valence-electron chi connectivity index (χ3n) is 9.73. The van der Waals surface area contributed by atoms with Crippen LogP contribution in [0.25, 0.3) is 33.3 Å². The minimum Gasteiger partial charge on any atom is -0.481 e. The number of hydrogen-bond acceptors (Lipinski definition) is 5. The molecule has 3 N–H and O–H groups in total. The Hall–Kier alpha value is -4.79. The average molecular weight is 650 g/mol. The van der Waals surface area contributed by atoms with Crippen molar-refractivity contribution >= 4 is 51.1 Å². The smallest absolute Gasteiger partial charge is 0.303 e. The van der Waals surface area contributed by atoms with E-state index in [1.165, 1.54) is 4.90 Å². The Morgan fingerprint density at radius 1 is 0.938 bits per heavy atom. The summed E-state index contributed by atoms with van der Waals surface area (Å²) in [6.45, 7) is 18.7. The molecule has 48 heavy (non-hydrogen) atoms. The predicted octanol–water partition coefficient (Wildman–Crippen LogP) is 8.81. The summed E-state index contributed by atoms with van der Waals surface area (Å²) in [5.41, 5.74) is 13.0. The fourth-order valence-corrected chi connectivity index (χ4v) is 6.83. The average Bonchev–Trinajstić information content (AvgIpc) is 3.75. The van der Waals surface area contributed by atoms with Gasteiger partial charge in [-0.25, -0.2) is 9.97 Å². The predicted molar refractivity (Wildman–Crippen MR) is 192 cm³/mol.